The fraction of sp³-hybridized carbons (Fsp3) is 0.750. The Balaban J connectivity index is 3.13. The maximum absolute atomic E-state index is 12.4. The minimum atomic E-state index is -5.77. The first-order valence-corrected chi connectivity index (χ1v) is 7.99. The normalized spacial score (nSPS) is 21.3. The molecule has 5 nitrogen and oxygen atoms in total. The zero-order valence-electron chi connectivity index (χ0n) is 11.5. The van der Waals surface area contributed by atoms with Crippen molar-refractivity contribution in [3.63, 3.8) is 0 Å². The summed E-state index contributed by atoms with van der Waals surface area (Å²) in [6, 6.07) is 0. The molecule has 0 atom stereocenters. The van der Waals surface area contributed by atoms with Crippen molar-refractivity contribution in [3.8, 4) is 0 Å². The van der Waals surface area contributed by atoms with Crippen molar-refractivity contribution < 1.29 is 35.3 Å². The van der Waals surface area contributed by atoms with Crippen LogP contribution in [0.1, 0.15) is 45.4 Å². The summed E-state index contributed by atoms with van der Waals surface area (Å²) in [6.07, 6.45) is 2.65. The summed E-state index contributed by atoms with van der Waals surface area (Å²) in [5.74, 6) is -1.28. The smallest absolute Gasteiger partial charge is 0.463 e. The number of carbonyl (C=O) groups excluding carboxylic acids is 1. The molecule has 0 amide bonds. The minimum absolute atomic E-state index is 0.0382. The summed E-state index contributed by atoms with van der Waals surface area (Å²) in [7, 11) is -5.77. The van der Waals surface area contributed by atoms with Gasteiger partial charge in [0.25, 0.3) is 0 Å². The number of alkyl halides is 3. The summed E-state index contributed by atoms with van der Waals surface area (Å²) in [5, 5.41) is 0. The Morgan fingerprint density at radius 3 is 2.24 bits per heavy atom. The van der Waals surface area contributed by atoms with Crippen LogP contribution in [0.2, 0.25) is 0 Å². The number of rotatable bonds is 4. The van der Waals surface area contributed by atoms with Crippen molar-refractivity contribution in [1.82, 2.24) is 0 Å². The van der Waals surface area contributed by atoms with E-state index in [9.17, 15) is 26.4 Å². The number of halogens is 3. The maximum Gasteiger partial charge on any atom is 0.534 e. The number of ether oxygens (including phenoxy) is 1. The monoisotopic (exact) mass is 330 g/mol. The number of allylic oxidation sites excluding steroid dienone is 1. The van der Waals surface area contributed by atoms with Crippen LogP contribution in [-0.2, 0) is 23.8 Å². The third-order valence-corrected chi connectivity index (χ3v) is 3.92. The fourth-order valence-electron chi connectivity index (χ4n) is 1.94. The highest BCUT2D eigenvalue weighted by Crippen LogP contribution is 2.31. The van der Waals surface area contributed by atoms with Gasteiger partial charge in [-0.1, -0.05) is 12.8 Å². The van der Waals surface area contributed by atoms with Crippen molar-refractivity contribution in [1.29, 1.82) is 0 Å². The van der Waals surface area contributed by atoms with Gasteiger partial charge in [0.15, 0.2) is 0 Å². The second kappa shape index (κ2) is 7.15. The molecule has 1 rings (SSSR count). The molecule has 0 heterocycles. The van der Waals surface area contributed by atoms with E-state index in [-0.39, 0.29) is 25.0 Å². The summed E-state index contributed by atoms with van der Waals surface area (Å²) in [4.78, 5) is 11.8. The fourth-order valence-corrected chi connectivity index (χ4v) is 2.48. The molecule has 0 aliphatic heterocycles. The van der Waals surface area contributed by atoms with Crippen molar-refractivity contribution in [3.05, 3.63) is 11.3 Å². The Hall–Kier alpha value is -1.25. The van der Waals surface area contributed by atoms with Crippen LogP contribution in [-0.4, -0.2) is 26.5 Å². The molecule has 0 aromatic rings. The summed E-state index contributed by atoms with van der Waals surface area (Å²) < 4.78 is 68.3. The SMILES string of the molecule is CCOC(=O)/C1=C(\OS(=O)(=O)C(F)(F)F)CCCCCC1. The molecule has 1 aliphatic rings. The highest BCUT2D eigenvalue weighted by atomic mass is 32.2. The Morgan fingerprint density at radius 1 is 1.14 bits per heavy atom. The number of hydrogen-bond donors (Lipinski definition) is 0. The molecule has 0 N–H and O–H groups in total. The van der Waals surface area contributed by atoms with Gasteiger partial charge in [-0.05, 0) is 26.2 Å². The van der Waals surface area contributed by atoms with E-state index in [4.69, 9.17) is 4.74 Å². The van der Waals surface area contributed by atoms with Gasteiger partial charge in [-0.2, -0.15) is 21.6 Å². The summed E-state index contributed by atoms with van der Waals surface area (Å²) in [5.41, 5.74) is -5.65. The van der Waals surface area contributed by atoms with Crippen molar-refractivity contribution in [2.45, 2.75) is 51.0 Å². The van der Waals surface area contributed by atoms with Crippen LogP contribution in [0.4, 0.5) is 13.2 Å². The average Bonchev–Trinajstić information content (AvgIpc) is 2.31. The summed E-state index contributed by atoms with van der Waals surface area (Å²) in [6.45, 7) is 1.59. The third-order valence-electron chi connectivity index (χ3n) is 2.93. The molecule has 0 fully saturated rings. The van der Waals surface area contributed by atoms with E-state index in [0.717, 1.165) is 12.8 Å². The number of carbonyl (C=O) groups is 1. The lowest BCUT2D eigenvalue weighted by molar-refractivity contribution is -0.139. The molecule has 0 aromatic carbocycles. The first kappa shape index (κ1) is 17.8. The van der Waals surface area contributed by atoms with Crippen molar-refractivity contribution in [2.75, 3.05) is 6.61 Å². The van der Waals surface area contributed by atoms with Gasteiger partial charge < -0.3 is 8.92 Å². The van der Waals surface area contributed by atoms with Crippen LogP contribution >= 0.6 is 0 Å². The molecule has 0 aromatic heterocycles. The standard InChI is InChI=1S/C12H17F3O5S/c1-2-19-11(16)9-7-5-3-4-6-8-10(9)20-21(17,18)12(13,14)15/h2-8H2,1H3/b10-9-. The zero-order chi connectivity index (χ0) is 16.1. The van der Waals surface area contributed by atoms with Crippen LogP contribution in [0.15, 0.2) is 11.3 Å². The molecule has 0 radical (unpaired) electrons. The van der Waals surface area contributed by atoms with E-state index >= 15 is 0 Å². The van der Waals surface area contributed by atoms with Gasteiger partial charge in [-0.3, -0.25) is 0 Å². The van der Waals surface area contributed by atoms with E-state index < -0.39 is 27.4 Å². The van der Waals surface area contributed by atoms with E-state index in [1.54, 1.807) is 6.92 Å². The topological polar surface area (TPSA) is 69.7 Å². The molecule has 9 heteroatoms. The van der Waals surface area contributed by atoms with Gasteiger partial charge in [0, 0.05) is 6.42 Å². The highest BCUT2D eigenvalue weighted by Gasteiger charge is 2.49. The number of esters is 1. The van der Waals surface area contributed by atoms with Crippen LogP contribution in [0.25, 0.3) is 0 Å². The van der Waals surface area contributed by atoms with Gasteiger partial charge in [0.05, 0.1) is 12.2 Å². The quantitative estimate of drug-likeness (QED) is 0.450. The summed E-state index contributed by atoms with van der Waals surface area (Å²) >= 11 is 0. The molecular formula is C12H17F3O5S. The van der Waals surface area contributed by atoms with Crippen LogP contribution in [0.3, 0.4) is 0 Å². The van der Waals surface area contributed by atoms with Crippen molar-refractivity contribution >= 4 is 16.1 Å². The Labute approximate surface area is 121 Å². The van der Waals surface area contributed by atoms with E-state index in [0.29, 0.717) is 12.8 Å². The van der Waals surface area contributed by atoms with Crippen LogP contribution in [0, 0.1) is 0 Å². The molecule has 0 saturated carbocycles. The Kier molecular flexibility index (Phi) is 6.06. The van der Waals surface area contributed by atoms with E-state index in [2.05, 4.69) is 4.18 Å². The minimum Gasteiger partial charge on any atom is -0.463 e. The molecule has 0 unspecified atom stereocenters. The molecule has 0 bridgehead atoms. The molecule has 0 spiro atoms. The van der Waals surface area contributed by atoms with Gasteiger partial charge >= 0.3 is 21.6 Å². The lowest BCUT2D eigenvalue weighted by Crippen LogP contribution is -2.26. The molecule has 0 saturated heterocycles. The van der Waals surface area contributed by atoms with E-state index in [1.807, 2.05) is 0 Å². The second-order valence-electron chi connectivity index (χ2n) is 4.52. The van der Waals surface area contributed by atoms with Crippen LogP contribution in [0.5, 0.6) is 0 Å². The van der Waals surface area contributed by atoms with Gasteiger partial charge in [0.1, 0.15) is 5.76 Å². The van der Waals surface area contributed by atoms with Crippen LogP contribution < -0.4 is 0 Å². The number of hydrogen-bond acceptors (Lipinski definition) is 5. The molecular weight excluding hydrogens is 313 g/mol. The predicted molar refractivity (Wildman–Crippen MR) is 67.4 cm³/mol. The second-order valence-corrected chi connectivity index (χ2v) is 6.06. The first-order chi connectivity index (χ1) is 9.69. The Morgan fingerprint density at radius 2 is 1.71 bits per heavy atom. The maximum atomic E-state index is 12.4. The third kappa shape index (κ3) is 4.90. The van der Waals surface area contributed by atoms with Gasteiger partial charge in [0.2, 0.25) is 0 Å². The first-order valence-electron chi connectivity index (χ1n) is 6.59. The highest BCUT2D eigenvalue weighted by molar-refractivity contribution is 7.87. The molecule has 1 aliphatic carbocycles. The van der Waals surface area contributed by atoms with Gasteiger partial charge in [-0.15, -0.1) is 0 Å². The predicted octanol–water partition coefficient (Wildman–Crippen LogP) is 3.02. The Bertz CT molecular complexity index is 507. The van der Waals surface area contributed by atoms with E-state index in [1.165, 1.54) is 0 Å². The average molecular weight is 330 g/mol. The van der Waals surface area contributed by atoms with Gasteiger partial charge in [-0.25, -0.2) is 4.79 Å². The molecule has 122 valence electrons. The van der Waals surface area contributed by atoms with Crippen molar-refractivity contribution in [2.24, 2.45) is 0 Å². The zero-order valence-corrected chi connectivity index (χ0v) is 12.3. The molecule has 21 heavy (non-hydrogen) atoms. The lowest BCUT2D eigenvalue weighted by atomic mass is 9.98. The lowest BCUT2D eigenvalue weighted by Gasteiger charge is -2.18. The largest absolute Gasteiger partial charge is 0.534 e.